The molecule has 11 heteroatoms. The fourth-order valence-electron chi connectivity index (χ4n) is 5.45. The van der Waals surface area contributed by atoms with Crippen LogP contribution in [-0.2, 0) is 10.8 Å². The molecule has 0 saturated heterocycles. The normalized spacial score (nSPS) is 16.0. The fraction of sp³-hybridized carbons (Fsp3) is 0.355. The average Bonchev–Trinajstić information content (AvgIpc) is 3.82. The molecule has 0 radical (unpaired) electrons. The molecule has 0 spiro atoms. The summed E-state index contributed by atoms with van der Waals surface area (Å²) in [7, 11) is 0. The topological polar surface area (TPSA) is 77.4 Å². The summed E-state index contributed by atoms with van der Waals surface area (Å²) >= 11 is 8.13. The minimum absolute atomic E-state index is 0.264. The molecule has 7 rings (SSSR count). The third kappa shape index (κ3) is 4.27. The van der Waals surface area contributed by atoms with Crippen LogP contribution in [0.2, 0.25) is 0 Å². The quantitative estimate of drug-likeness (QED) is 0.182. The van der Waals surface area contributed by atoms with Crippen molar-refractivity contribution in [1.82, 2.24) is 0 Å². The van der Waals surface area contributed by atoms with E-state index in [0.29, 0.717) is 26.4 Å². The van der Waals surface area contributed by atoms with Gasteiger partial charge < -0.3 is 29.2 Å². The minimum Gasteiger partial charge on any atom is -0.506 e. The van der Waals surface area contributed by atoms with Crippen LogP contribution in [0.4, 0.5) is 0 Å². The maximum atomic E-state index is 10.5. The van der Waals surface area contributed by atoms with Crippen LogP contribution in [-0.4, -0.2) is 36.6 Å². The van der Waals surface area contributed by atoms with Gasteiger partial charge in [0.1, 0.15) is 37.9 Å². The number of rotatable bonds is 7. The Hall–Kier alpha value is -2.70. The molecule has 1 atom stereocenters. The van der Waals surface area contributed by atoms with E-state index in [0.717, 1.165) is 58.7 Å². The number of hydrogen-bond donors (Lipinski definition) is 2. The lowest BCUT2D eigenvalue weighted by Gasteiger charge is -2.29. The SMILES string of the molecule is CCC(C)(c1ccc(C(C)(C)c2sc(-c3sccc3O)c3c2OCCO3)s1)c1sc(-c2sccc2O)c2c1OCCO2. The first-order chi connectivity index (χ1) is 20.2. The number of aromatic hydroxyl groups is 2. The van der Waals surface area contributed by atoms with Crippen LogP contribution in [0.3, 0.4) is 0 Å². The standard InChI is InChI=1S/C31H30O6S5/c1-5-31(4,29-23-21(35-11-13-37-23)27(42-29)25-17(33)9-15-39-25)19-7-6-18(40-19)30(2,3)28-22-20(34-10-12-36-22)26(41-28)24-16(32)8-14-38-24/h6-9,14-15,32-33H,5,10-13H2,1-4H3. The summed E-state index contributed by atoms with van der Waals surface area (Å²) < 4.78 is 24.7. The molecule has 7 heterocycles. The van der Waals surface area contributed by atoms with Gasteiger partial charge in [-0.15, -0.1) is 56.7 Å². The number of ether oxygens (including phenoxy) is 4. The van der Waals surface area contributed by atoms with Crippen molar-refractivity contribution in [3.8, 4) is 54.0 Å². The van der Waals surface area contributed by atoms with Gasteiger partial charge in [-0.05, 0) is 62.2 Å². The van der Waals surface area contributed by atoms with E-state index in [1.807, 2.05) is 22.1 Å². The van der Waals surface area contributed by atoms with E-state index in [9.17, 15) is 10.2 Å². The molecule has 2 aliphatic rings. The largest absolute Gasteiger partial charge is 0.506 e. The van der Waals surface area contributed by atoms with Gasteiger partial charge >= 0.3 is 0 Å². The van der Waals surface area contributed by atoms with Crippen molar-refractivity contribution < 1.29 is 29.2 Å². The second kappa shape index (κ2) is 10.5. The molecule has 0 aliphatic carbocycles. The molecule has 5 aromatic heterocycles. The first-order valence-electron chi connectivity index (χ1n) is 13.7. The Morgan fingerprint density at radius 2 is 1.10 bits per heavy atom. The van der Waals surface area contributed by atoms with Crippen LogP contribution in [0, 0.1) is 0 Å². The second-order valence-electron chi connectivity index (χ2n) is 11.0. The van der Waals surface area contributed by atoms with Crippen LogP contribution in [0.1, 0.15) is 53.6 Å². The van der Waals surface area contributed by atoms with Gasteiger partial charge in [-0.2, -0.15) is 0 Å². The summed E-state index contributed by atoms with van der Waals surface area (Å²) in [6.07, 6.45) is 0.868. The Labute approximate surface area is 264 Å². The third-order valence-corrected chi connectivity index (χ3v) is 14.7. The molecule has 0 bridgehead atoms. The molecule has 0 fully saturated rings. The molecule has 0 amide bonds. The smallest absolute Gasteiger partial charge is 0.181 e. The lowest BCUT2D eigenvalue weighted by atomic mass is 9.83. The zero-order valence-electron chi connectivity index (χ0n) is 23.6. The zero-order valence-corrected chi connectivity index (χ0v) is 27.7. The molecular formula is C31H30O6S5. The van der Waals surface area contributed by atoms with E-state index in [4.69, 9.17) is 18.9 Å². The summed E-state index contributed by atoms with van der Waals surface area (Å²) in [5, 5.41) is 24.9. The number of fused-ring (bicyclic) bond motifs is 2. The highest BCUT2D eigenvalue weighted by Crippen LogP contribution is 2.60. The first-order valence-corrected chi connectivity index (χ1v) is 17.9. The van der Waals surface area contributed by atoms with Crippen molar-refractivity contribution in [2.45, 2.75) is 44.9 Å². The van der Waals surface area contributed by atoms with Crippen LogP contribution in [0.5, 0.6) is 34.5 Å². The number of hydrogen-bond acceptors (Lipinski definition) is 11. The van der Waals surface area contributed by atoms with Gasteiger partial charge in [0.05, 0.1) is 29.3 Å². The van der Waals surface area contributed by atoms with E-state index in [2.05, 4.69) is 39.8 Å². The second-order valence-corrected chi connectivity index (χ2v) is 15.9. The monoisotopic (exact) mass is 658 g/mol. The van der Waals surface area contributed by atoms with E-state index in [-0.39, 0.29) is 22.3 Å². The maximum absolute atomic E-state index is 10.5. The molecule has 2 N–H and O–H groups in total. The van der Waals surface area contributed by atoms with Crippen LogP contribution in [0.25, 0.3) is 19.5 Å². The molecule has 2 aliphatic heterocycles. The highest BCUT2D eigenvalue weighted by Gasteiger charge is 2.41. The van der Waals surface area contributed by atoms with Crippen LogP contribution in [0.15, 0.2) is 35.0 Å². The molecule has 0 saturated carbocycles. The Kier molecular flexibility index (Phi) is 7.01. The van der Waals surface area contributed by atoms with Gasteiger partial charge in [0.25, 0.3) is 0 Å². The molecule has 5 aromatic rings. The Bertz CT molecular complexity index is 1770. The third-order valence-electron chi connectivity index (χ3n) is 8.04. The van der Waals surface area contributed by atoms with Crippen LogP contribution < -0.4 is 18.9 Å². The molecule has 1 unspecified atom stereocenters. The van der Waals surface area contributed by atoms with E-state index in [1.165, 1.54) is 32.4 Å². The highest BCUT2D eigenvalue weighted by atomic mass is 32.1. The average molecular weight is 659 g/mol. The van der Waals surface area contributed by atoms with E-state index >= 15 is 0 Å². The van der Waals surface area contributed by atoms with Gasteiger partial charge in [-0.3, -0.25) is 0 Å². The molecule has 0 aromatic carbocycles. The summed E-state index contributed by atoms with van der Waals surface area (Å²) in [6.45, 7) is 10.9. The lowest BCUT2D eigenvalue weighted by Crippen LogP contribution is -2.23. The van der Waals surface area contributed by atoms with Crippen molar-refractivity contribution in [3.63, 3.8) is 0 Å². The van der Waals surface area contributed by atoms with Gasteiger partial charge in [0.15, 0.2) is 23.0 Å². The van der Waals surface area contributed by atoms with E-state index in [1.54, 1.807) is 34.8 Å². The Morgan fingerprint density at radius 1 is 0.619 bits per heavy atom. The zero-order chi connectivity index (χ0) is 29.2. The highest BCUT2D eigenvalue weighted by molar-refractivity contribution is 7.23. The molecule has 42 heavy (non-hydrogen) atoms. The van der Waals surface area contributed by atoms with Gasteiger partial charge in [-0.25, -0.2) is 0 Å². The molecule has 6 nitrogen and oxygen atoms in total. The summed E-state index contributed by atoms with van der Waals surface area (Å²) in [5.41, 5.74) is -0.678. The Morgan fingerprint density at radius 3 is 1.60 bits per heavy atom. The predicted octanol–water partition coefficient (Wildman–Crippen LogP) is 9.32. The summed E-state index contributed by atoms with van der Waals surface area (Å²) in [4.78, 5) is 8.14. The van der Waals surface area contributed by atoms with Crippen molar-refractivity contribution in [3.05, 3.63) is 54.5 Å². The van der Waals surface area contributed by atoms with Gasteiger partial charge in [0.2, 0.25) is 0 Å². The minimum atomic E-state index is -0.361. The first kappa shape index (κ1) is 28.1. The van der Waals surface area contributed by atoms with Crippen molar-refractivity contribution >= 4 is 56.7 Å². The van der Waals surface area contributed by atoms with Gasteiger partial charge in [-0.1, -0.05) is 6.92 Å². The van der Waals surface area contributed by atoms with Crippen molar-refractivity contribution in [1.29, 1.82) is 0 Å². The number of thiophene rings is 5. The predicted molar refractivity (Wildman–Crippen MR) is 174 cm³/mol. The summed E-state index contributed by atoms with van der Waals surface area (Å²) in [5.74, 6) is 3.58. The van der Waals surface area contributed by atoms with E-state index < -0.39 is 0 Å². The molecular weight excluding hydrogens is 629 g/mol. The van der Waals surface area contributed by atoms with Crippen LogP contribution >= 0.6 is 56.7 Å². The summed E-state index contributed by atoms with van der Waals surface area (Å²) in [6, 6.07) is 7.93. The van der Waals surface area contributed by atoms with Gasteiger partial charge in [0, 0.05) is 20.6 Å². The molecule has 220 valence electrons. The van der Waals surface area contributed by atoms with Crippen molar-refractivity contribution in [2.75, 3.05) is 26.4 Å². The lowest BCUT2D eigenvalue weighted by molar-refractivity contribution is 0.171. The Balaban J connectivity index is 1.31. The fourth-order valence-corrected chi connectivity index (χ4v) is 11.5. The maximum Gasteiger partial charge on any atom is 0.181 e. The van der Waals surface area contributed by atoms with Crippen molar-refractivity contribution in [2.24, 2.45) is 0 Å².